The molecule has 0 aromatic carbocycles. The largest absolute Gasteiger partial charge is 1.00 e. The van der Waals surface area contributed by atoms with Crippen molar-refractivity contribution in [2.75, 3.05) is 0 Å². The Morgan fingerprint density at radius 2 is 0.900 bits per heavy atom. The molecule has 0 amide bonds. The summed E-state index contributed by atoms with van der Waals surface area (Å²) in [5, 5.41) is 8.58. The van der Waals surface area contributed by atoms with Gasteiger partial charge in [-0.05, 0) is 0 Å². The van der Waals surface area contributed by atoms with Gasteiger partial charge in [0.1, 0.15) is 0 Å². The average molecular weight is 200 g/mol. The topological polar surface area (TPSA) is 101 Å². The van der Waals surface area contributed by atoms with Gasteiger partial charge in [-0.1, -0.05) is 0 Å². The molecule has 0 aromatic heterocycles. The summed E-state index contributed by atoms with van der Waals surface area (Å²) < 4.78 is 2.16. The van der Waals surface area contributed by atoms with Gasteiger partial charge in [0.2, 0.25) is 0 Å². The molecule has 0 spiro atoms. The predicted molar refractivity (Wildman–Crippen MR) is 6.84 cm³/mol. The molecule has 0 aromatic rings. The van der Waals surface area contributed by atoms with E-state index >= 15 is 0 Å². The third-order valence-corrected chi connectivity index (χ3v) is 0.306. The summed E-state index contributed by atoms with van der Waals surface area (Å²) in [6, 6.07) is 0. The van der Waals surface area contributed by atoms with Crippen LogP contribution in [0, 0.1) is 0 Å². The number of hydrogen-bond donors (Lipinski definition) is 0. The van der Waals surface area contributed by atoms with Crippen LogP contribution in [0.2, 0.25) is 0 Å². The SMILES string of the molecule is [Na+].[Na+].[Na+].[Na+].[O-]O[Si]([O-])([O-])[O-]. The van der Waals surface area contributed by atoms with Crippen molar-refractivity contribution < 1.29 is 142 Å². The van der Waals surface area contributed by atoms with E-state index in [1.807, 2.05) is 0 Å². The molecule has 0 saturated heterocycles. The molecular formula is Na4O5Si. The molecule has 0 N–H and O–H groups in total. The van der Waals surface area contributed by atoms with Crippen LogP contribution in [0.3, 0.4) is 0 Å². The number of hydrogen-bond acceptors (Lipinski definition) is 5. The molecule has 0 bridgehead atoms. The Morgan fingerprint density at radius 1 is 0.800 bits per heavy atom. The van der Waals surface area contributed by atoms with E-state index in [4.69, 9.17) is 19.6 Å². The predicted octanol–water partition coefficient (Wildman–Crippen LogP) is -17.2. The second kappa shape index (κ2) is 15.5. The van der Waals surface area contributed by atoms with Crippen LogP contribution in [0.4, 0.5) is 0 Å². The maximum absolute atomic E-state index is 8.97. The molecule has 0 atom stereocenters. The smallest absolute Gasteiger partial charge is 0.861 e. The minimum absolute atomic E-state index is 0. The summed E-state index contributed by atoms with van der Waals surface area (Å²) in [4.78, 5) is 26.9. The van der Waals surface area contributed by atoms with Crippen molar-refractivity contribution in [3.63, 3.8) is 0 Å². The van der Waals surface area contributed by atoms with E-state index in [1.54, 1.807) is 0 Å². The maximum atomic E-state index is 8.97. The van der Waals surface area contributed by atoms with Crippen molar-refractivity contribution in [2.24, 2.45) is 0 Å². The fraction of sp³-hybridized carbons (Fsp3) is 0. The van der Waals surface area contributed by atoms with Crippen molar-refractivity contribution in [1.29, 1.82) is 0 Å². The molecule has 0 unspecified atom stereocenters. The van der Waals surface area contributed by atoms with Crippen LogP contribution in [0.25, 0.3) is 0 Å². The van der Waals surface area contributed by atoms with Crippen molar-refractivity contribution in [3.8, 4) is 0 Å². The quantitative estimate of drug-likeness (QED) is 0.237. The molecule has 0 fully saturated rings. The molecule has 10 heavy (non-hydrogen) atoms. The van der Waals surface area contributed by atoms with Gasteiger partial charge in [0.15, 0.2) is 0 Å². The fourth-order valence-corrected chi connectivity index (χ4v) is 0. The molecule has 38 valence electrons. The Hall–Kier alpha value is 4.02. The molecule has 10 heteroatoms. The van der Waals surface area contributed by atoms with Gasteiger partial charge in [0, 0.05) is 0 Å². The first-order valence-electron chi connectivity index (χ1n) is 0.983. The molecule has 0 heterocycles. The fourth-order valence-electron chi connectivity index (χ4n) is 0. The third-order valence-electron chi connectivity index (χ3n) is 0.102. The average Bonchev–Trinajstić information content (AvgIpc) is 1.35. The van der Waals surface area contributed by atoms with Crippen LogP contribution in [0.15, 0.2) is 0 Å². The van der Waals surface area contributed by atoms with Gasteiger partial charge < -0.3 is 24.2 Å². The van der Waals surface area contributed by atoms with Gasteiger partial charge in [-0.15, -0.1) is 9.05 Å². The second-order valence-corrected chi connectivity index (χ2v) is 1.75. The standard InChI is InChI=1S/4Na.HO5Si/c;;;;1-5-6(2,3)4/h;;;;1H/q4*+1;-3/p-1. The van der Waals surface area contributed by atoms with Crippen LogP contribution < -0.4 is 138 Å². The van der Waals surface area contributed by atoms with E-state index in [1.165, 1.54) is 0 Å². The summed E-state index contributed by atoms with van der Waals surface area (Å²) in [5.74, 6) is 0. The van der Waals surface area contributed by atoms with Gasteiger partial charge in [0.05, 0.1) is 0 Å². The van der Waals surface area contributed by atoms with Crippen LogP contribution in [-0.2, 0) is 4.58 Å². The summed E-state index contributed by atoms with van der Waals surface area (Å²) in [6.45, 7) is 0. The monoisotopic (exact) mass is 200 g/mol. The minimum atomic E-state index is -5.44. The van der Waals surface area contributed by atoms with Gasteiger partial charge in [-0.3, -0.25) is 0 Å². The van der Waals surface area contributed by atoms with E-state index in [9.17, 15) is 0 Å². The molecule has 0 aliphatic heterocycles. The van der Waals surface area contributed by atoms with E-state index in [0.29, 0.717) is 0 Å². The minimum Gasteiger partial charge on any atom is -0.861 e. The van der Waals surface area contributed by atoms with E-state index in [2.05, 4.69) is 4.58 Å². The normalized spacial score (nSPS) is 7.20. The first-order valence-corrected chi connectivity index (χ1v) is 2.62. The first kappa shape index (κ1) is 29.2. The number of rotatable bonds is 1. The summed E-state index contributed by atoms with van der Waals surface area (Å²) in [6.07, 6.45) is 0. The van der Waals surface area contributed by atoms with E-state index in [0.717, 1.165) is 0 Å². The van der Waals surface area contributed by atoms with Gasteiger partial charge in [-0.2, -0.15) is 0 Å². The molecule has 0 radical (unpaired) electrons. The maximum Gasteiger partial charge on any atom is 1.00 e. The Morgan fingerprint density at radius 3 is 0.900 bits per heavy atom. The molecule has 0 rings (SSSR count). The van der Waals surface area contributed by atoms with Crippen molar-refractivity contribution in [1.82, 2.24) is 0 Å². The summed E-state index contributed by atoms with van der Waals surface area (Å²) in [5.41, 5.74) is 0. The zero-order chi connectivity index (χ0) is 5.21. The Bertz CT molecular complexity index is 43.4. The Labute approximate surface area is 148 Å². The van der Waals surface area contributed by atoms with Crippen LogP contribution >= 0.6 is 0 Å². The first-order chi connectivity index (χ1) is 2.56. The molecule has 0 saturated carbocycles. The van der Waals surface area contributed by atoms with Crippen LogP contribution in [0.1, 0.15) is 0 Å². The van der Waals surface area contributed by atoms with Crippen LogP contribution in [0.5, 0.6) is 0 Å². The van der Waals surface area contributed by atoms with E-state index < -0.39 is 9.05 Å². The zero-order valence-corrected chi connectivity index (χ0v) is 15.5. The molecule has 0 aliphatic rings. The third kappa shape index (κ3) is 29.6. The Kier molecular flexibility index (Phi) is 45.2. The van der Waals surface area contributed by atoms with Gasteiger partial charge in [0.25, 0.3) is 0 Å². The van der Waals surface area contributed by atoms with Crippen LogP contribution in [-0.4, -0.2) is 9.05 Å². The van der Waals surface area contributed by atoms with Crippen molar-refractivity contribution in [3.05, 3.63) is 0 Å². The Balaban J connectivity index is -0.0000000208. The van der Waals surface area contributed by atoms with Crippen molar-refractivity contribution in [2.45, 2.75) is 0 Å². The summed E-state index contributed by atoms with van der Waals surface area (Å²) in [7, 11) is -5.44. The van der Waals surface area contributed by atoms with Gasteiger partial charge in [-0.25, -0.2) is 0 Å². The van der Waals surface area contributed by atoms with Crippen molar-refractivity contribution >= 4 is 9.05 Å². The zero-order valence-electron chi connectivity index (χ0n) is 6.54. The second-order valence-electron chi connectivity index (χ2n) is 0.583. The molecule has 0 aliphatic carbocycles. The van der Waals surface area contributed by atoms with E-state index in [-0.39, 0.29) is 118 Å². The van der Waals surface area contributed by atoms with Gasteiger partial charge >= 0.3 is 118 Å². The summed E-state index contributed by atoms with van der Waals surface area (Å²) >= 11 is 0. The molecule has 5 nitrogen and oxygen atoms in total. The molecular weight excluding hydrogens is 200 g/mol.